The van der Waals surface area contributed by atoms with Crippen LogP contribution >= 0.6 is 0 Å². The van der Waals surface area contributed by atoms with E-state index in [4.69, 9.17) is 0 Å². The van der Waals surface area contributed by atoms with Crippen molar-refractivity contribution in [3.63, 3.8) is 0 Å². The van der Waals surface area contributed by atoms with Crippen molar-refractivity contribution in [3.05, 3.63) is 23.8 Å². The molecule has 1 aromatic heterocycles. The standard InChI is InChI=1S/C14H23N3/c1-3-4-7-17-8-5-13(6-9-17)14-10-15-12(2)16-11-14/h10-11,13H,3-9H2,1-2H3. The topological polar surface area (TPSA) is 29.0 Å². The van der Waals surface area contributed by atoms with Crippen molar-refractivity contribution < 1.29 is 0 Å². The first-order valence-corrected chi connectivity index (χ1v) is 6.80. The van der Waals surface area contributed by atoms with Crippen LogP contribution in [0.3, 0.4) is 0 Å². The molecule has 1 fully saturated rings. The second-order valence-electron chi connectivity index (χ2n) is 5.03. The van der Waals surface area contributed by atoms with Crippen LogP contribution in [0.15, 0.2) is 12.4 Å². The number of hydrogen-bond acceptors (Lipinski definition) is 3. The van der Waals surface area contributed by atoms with Crippen LogP contribution in [0.25, 0.3) is 0 Å². The van der Waals surface area contributed by atoms with Gasteiger partial charge in [-0.2, -0.15) is 0 Å². The van der Waals surface area contributed by atoms with E-state index in [0.717, 1.165) is 5.82 Å². The second-order valence-corrected chi connectivity index (χ2v) is 5.03. The van der Waals surface area contributed by atoms with E-state index in [9.17, 15) is 0 Å². The Morgan fingerprint density at radius 2 is 1.88 bits per heavy atom. The minimum absolute atomic E-state index is 0.675. The van der Waals surface area contributed by atoms with E-state index in [1.165, 1.54) is 50.9 Å². The van der Waals surface area contributed by atoms with Gasteiger partial charge in [0, 0.05) is 12.4 Å². The Balaban J connectivity index is 1.84. The zero-order chi connectivity index (χ0) is 12.1. The molecule has 0 bridgehead atoms. The van der Waals surface area contributed by atoms with Crippen molar-refractivity contribution >= 4 is 0 Å². The molecular weight excluding hydrogens is 210 g/mol. The fraction of sp³-hybridized carbons (Fsp3) is 0.714. The molecule has 0 atom stereocenters. The SMILES string of the molecule is CCCCN1CCC(c2cnc(C)nc2)CC1. The summed E-state index contributed by atoms with van der Waals surface area (Å²) in [7, 11) is 0. The number of rotatable bonds is 4. The molecule has 94 valence electrons. The van der Waals surface area contributed by atoms with Crippen LogP contribution in [0.2, 0.25) is 0 Å². The van der Waals surface area contributed by atoms with E-state index >= 15 is 0 Å². The molecule has 3 heteroatoms. The molecule has 3 nitrogen and oxygen atoms in total. The van der Waals surface area contributed by atoms with E-state index in [-0.39, 0.29) is 0 Å². The van der Waals surface area contributed by atoms with Gasteiger partial charge < -0.3 is 4.90 Å². The van der Waals surface area contributed by atoms with Gasteiger partial charge in [-0.1, -0.05) is 13.3 Å². The Morgan fingerprint density at radius 1 is 1.24 bits per heavy atom. The molecule has 2 heterocycles. The normalized spacial score (nSPS) is 18.5. The molecule has 0 N–H and O–H groups in total. The predicted molar refractivity (Wildman–Crippen MR) is 70.1 cm³/mol. The summed E-state index contributed by atoms with van der Waals surface area (Å²) in [5.41, 5.74) is 1.32. The first-order valence-electron chi connectivity index (χ1n) is 6.80. The summed E-state index contributed by atoms with van der Waals surface area (Å²) < 4.78 is 0. The van der Waals surface area contributed by atoms with Crippen molar-refractivity contribution in [2.24, 2.45) is 0 Å². The Morgan fingerprint density at radius 3 is 2.47 bits per heavy atom. The van der Waals surface area contributed by atoms with E-state index in [0.29, 0.717) is 5.92 Å². The smallest absolute Gasteiger partial charge is 0.125 e. The van der Waals surface area contributed by atoms with Gasteiger partial charge in [-0.3, -0.25) is 0 Å². The van der Waals surface area contributed by atoms with Crippen LogP contribution in [0.4, 0.5) is 0 Å². The molecule has 1 aromatic rings. The third kappa shape index (κ3) is 3.50. The average Bonchev–Trinajstić information content (AvgIpc) is 2.38. The highest BCUT2D eigenvalue weighted by atomic mass is 15.1. The lowest BCUT2D eigenvalue weighted by Crippen LogP contribution is -2.33. The van der Waals surface area contributed by atoms with Crippen molar-refractivity contribution in [3.8, 4) is 0 Å². The minimum atomic E-state index is 0.675. The Labute approximate surface area is 104 Å². The largest absolute Gasteiger partial charge is 0.303 e. The molecule has 0 spiro atoms. The highest BCUT2D eigenvalue weighted by Crippen LogP contribution is 2.27. The van der Waals surface area contributed by atoms with E-state index < -0.39 is 0 Å². The van der Waals surface area contributed by atoms with Crippen molar-refractivity contribution in [1.29, 1.82) is 0 Å². The van der Waals surface area contributed by atoms with Gasteiger partial charge in [0.25, 0.3) is 0 Å². The van der Waals surface area contributed by atoms with Gasteiger partial charge >= 0.3 is 0 Å². The number of nitrogens with zero attached hydrogens (tertiary/aromatic N) is 3. The molecule has 17 heavy (non-hydrogen) atoms. The van der Waals surface area contributed by atoms with Gasteiger partial charge in [-0.25, -0.2) is 9.97 Å². The van der Waals surface area contributed by atoms with Crippen LogP contribution in [-0.2, 0) is 0 Å². The van der Waals surface area contributed by atoms with Crippen LogP contribution in [0.5, 0.6) is 0 Å². The zero-order valence-corrected chi connectivity index (χ0v) is 11.0. The fourth-order valence-corrected chi connectivity index (χ4v) is 2.49. The van der Waals surface area contributed by atoms with Gasteiger partial charge in [-0.05, 0) is 57.3 Å². The van der Waals surface area contributed by atoms with Crippen LogP contribution in [-0.4, -0.2) is 34.5 Å². The Hall–Kier alpha value is -0.960. The van der Waals surface area contributed by atoms with Gasteiger partial charge in [0.05, 0.1) is 0 Å². The monoisotopic (exact) mass is 233 g/mol. The fourth-order valence-electron chi connectivity index (χ4n) is 2.49. The molecule has 0 aliphatic carbocycles. The number of aryl methyl sites for hydroxylation is 1. The van der Waals surface area contributed by atoms with Crippen LogP contribution in [0.1, 0.15) is 49.9 Å². The summed E-state index contributed by atoms with van der Waals surface area (Å²) in [6, 6.07) is 0. The van der Waals surface area contributed by atoms with E-state index in [1.807, 2.05) is 19.3 Å². The molecule has 1 saturated heterocycles. The maximum Gasteiger partial charge on any atom is 0.125 e. The van der Waals surface area contributed by atoms with Gasteiger partial charge in [0.1, 0.15) is 5.82 Å². The maximum absolute atomic E-state index is 4.30. The van der Waals surface area contributed by atoms with Gasteiger partial charge in [0.15, 0.2) is 0 Å². The lowest BCUT2D eigenvalue weighted by atomic mass is 9.91. The molecule has 0 amide bonds. The summed E-state index contributed by atoms with van der Waals surface area (Å²) in [4.78, 5) is 11.2. The molecule has 0 aromatic carbocycles. The third-order valence-electron chi connectivity index (χ3n) is 3.69. The quantitative estimate of drug-likeness (QED) is 0.800. The second kappa shape index (κ2) is 6.10. The highest BCUT2D eigenvalue weighted by molar-refractivity contribution is 5.12. The van der Waals surface area contributed by atoms with Crippen LogP contribution < -0.4 is 0 Å². The molecule has 1 aliphatic rings. The van der Waals surface area contributed by atoms with Crippen molar-refractivity contribution in [2.75, 3.05) is 19.6 Å². The number of piperidine rings is 1. The third-order valence-corrected chi connectivity index (χ3v) is 3.69. The summed E-state index contributed by atoms with van der Waals surface area (Å²) in [5.74, 6) is 1.54. The molecule has 0 radical (unpaired) electrons. The number of aromatic nitrogens is 2. The Kier molecular flexibility index (Phi) is 4.49. The number of likely N-dealkylation sites (tertiary alicyclic amines) is 1. The molecule has 1 aliphatic heterocycles. The lowest BCUT2D eigenvalue weighted by molar-refractivity contribution is 0.209. The predicted octanol–water partition coefficient (Wildman–Crippen LogP) is 2.76. The lowest BCUT2D eigenvalue weighted by Gasteiger charge is -2.31. The molecule has 0 saturated carbocycles. The van der Waals surface area contributed by atoms with Gasteiger partial charge in [-0.15, -0.1) is 0 Å². The molecule has 2 rings (SSSR count). The van der Waals surface area contributed by atoms with Crippen molar-refractivity contribution in [1.82, 2.24) is 14.9 Å². The van der Waals surface area contributed by atoms with Crippen LogP contribution in [0, 0.1) is 6.92 Å². The van der Waals surface area contributed by atoms with E-state index in [2.05, 4.69) is 21.8 Å². The minimum Gasteiger partial charge on any atom is -0.303 e. The number of unbranched alkanes of at least 4 members (excludes halogenated alkanes) is 1. The first kappa shape index (κ1) is 12.5. The summed E-state index contributed by atoms with van der Waals surface area (Å²) in [5, 5.41) is 0. The maximum atomic E-state index is 4.30. The first-order chi connectivity index (χ1) is 8.29. The summed E-state index contributed by atoms with van der Waals surface area (Å²) >= 11 is 0. The van der Waals surface area contributed by atoms with Gasteiger partial charge in [0.2, 0.25) is 0 Å². The molecular formula is C14H23N3. The summed E-state index contributed by atoms with van der Waals surface area (Å²) in [6.45, 7) is 7.94. The summed E-state index contributed by atoms with van der Waals surface area (Å²) in [6.07, 6.45) is 9.17. The van der Waals surface area contributed by atoms with E-state index in [1.54, 1.807) is 0 Å². The number of hydrogen-bond donors (Lipinski definition) is 0. The average molecular weight is 233 g/mol. The van der Waals surface area contributed by atoms with Crippen molar-refractivity contribution in [2.45, 2.75) is 45.4 Å². The Bertz CT molecular complexity index is 326. The molecule has 0 unspecified atom stereocenters. The zero-order valence-electron chi connectivity index (χ0n) is 11.0. The highest BCUT2D eigenvalue weighted by Gasteiger charge is 2.20.